The number of alkyl halides is 3. The molecule has 0 saturated carbocycles. The molecule has 0 bridgehead atoms. The standard InChI is InChI=1S/C20H22F3N3O3S2/c1-14(19(27)25-17-8-4-3-7-16(17)20(21,22)23)30-18-10-9-15(13-24-18)31(28,29)26-11-5-2-6-12-26/h3-4,7-10,13-14H,2,5-6,11-12H2,1H3,(H,25,27). The Morgan fingerprint density at radius 3 is 2.42 bits per heavy atom. The van der Waals surface area contributed by atoms with Gasteiger partial charge in [-0.25, -0.2) is 13.4 Å². The quantitative estimate of drug-likeness (QED) is 0.630. The minimum Gasteiger partial charge on any atom is -0.325 e. The van der Waals surface area contributed by atoms with Gasteiger partial charge in [0, 0.05) is 19.3 Å². The summed E-state index contributed by atoms with van der Waals surface area (Å²) >= 11 is 1.03. The third-order valence-corrected chi connectivity index (χ3v) is 7.75. The second-order valence-electron chi connectivity index (χ2n) is 7.09. The first-order valence-corrected chi connectivity index (χ1v) is 12.0. The minimum atomic E-state index is -4.59. The van der Waals surface area contributed by atoms with Crippen LogP contribution in [-0.4, -0.2) is 42.0 Å². The molecule has 3 rings (SSSR count). The molecule has 1 unspecified atom stereocenters. The number of nitrogens with one attached hydrogen (secondary N) is 1. The average molecular weight is 474 g/mol. The van der Waals surface area contributed by atoms with Crippen LogP contribution in [0, 0.1) is 0 Å². The zero-order valence-electron chi connectivity index (χ0n) is 16.7. The van der Waals surface area contributed by atoms with Crippen LogP contribution in [0.25, 0.3) is 0 Å². The van der Waals surface area contributed by atoms with Crippen LogP contribution in [-0.2, 0) is 21.0 Å². The van der Waals surface area contributed by atoms with Gasteiger partial charge in [-0.05, 0) is 44.0 Å². The molecule has 11 heteroatoms. The molecule has 1 amide bonds. The summed E-state index contributed by atoms with van der Waals surface area (Å²) in [6.45, 7) is 2.50. The van der Waals surface area contributed by atoms with Crippen molar-refractivity contribution in [1.82, 2.24) is 9.29 Å². The molecule has 0 radical (unpaired) electrons. The van der Waals surface area contributed by atoms with Crippen molar-refractivity contribution in [2.45, 2.75) is 47.5 Å². The number of rotatable bonds is 6. The van der Waals surface area contributed by atoms with Gasteiger partial charge in [0.2, 0.25) is 15.9 Å². The molecule has 31 heavy (non-hydrogen) atoms. The first-order valence-electron chi connectivity index (χ1n) is 9.69. The molecule has 0 aliphatic carbocycles. The van der Waals surface area contributed by atoms with E-state index in [0.717, 1.165) is 37.1 Å². The van der Waals surface area contributed by atoms with Crippen LogP contribution in [0.15, 0.2) is 52.5 Å². The number of carbonyl (C=O) groups is 1. The van der Waals surface area contributed by atoms with Crippen molar-refractivity contribution < 1.29 is 26.4 Å². The largest absolute Gasteiger partial charge is 0.418 e. The van der Waals surface area contributed by atoms with Gasteiger partial charge in [-0.2, -0.15) is 17.5 Å². The summed E-state index contributed by atoms with van der Waals surface area (Å²) in [5.74, 6) is -0.617. The molecular formula is C20H22F3N3O3S2. The monoisotopic (exact) mass is 473 g/mol. The Balaban J connectivity index is 1.66. The molecule has 1 atom stereocenters. The molecule has 6 nitrogen and oxygen atoms in total. The van der Waals surface area contributed by atoms with E-state index in [4.69, 9.17) is 0 Å². The molecule has 2 heterocycles. The highest BCUT2D eigenvalue weighted by Gasteiger charge is 2.34. The molecular weight excluding hydrogens is 451 g/mol. The lowest BCUT2D eigenvalue weighted by Gasteiger charge is -2.25. The van der Waals surface area contributed by atoms with Gasteiger partial charge < -0.3 is 5.32 Å². The van der Waals surface area contributed by atoms with E-state index < -0.39 is 32.9 Å². The van der Waals surface area contributed by atoms with E-state index in [1.54, 1.807) is 0 Å². The Kier molecular flexibility index (Phi) is 7.28. The Bertz CT molecular complexity index is 1020. The second-order valence-corrected chi connectivity index (χ2v) is 10.4. The van der Waals surface area contributed by atoms with Crippen LogP contribution >= 0.6 is 11.8 Å². The Labute approximate surface area is 183 Å². The average Bonchev–Trinajstić information content (AvgIpc) is 2.74. The predicted molar refractivity (Wildman–Crippen MR) is 112 cm³/mol. The number of aromatic nitrogens is 1. The van der Waals surface area contributed by atoms with Crippen LogP contribution in [0.2, 0.25) is 0 Å². The lowest BCUT2D eigenvalue weighted by molar-refractivity contribution is -0.137. The number of para-hydroxylation sites is 1. The summed E-state index contributed by atoms with van der Waals surface area (Å²) in [6.07, 6.45) is -0.685. The predicted octanol–water partition coefficient (Wildman–Crippen LogP) is 4.39. The number of pyridine rings is 1. The SMILES string of the molecule is CC(Sc1ccc(S(=O)(=O)N2CCCCC2)cn1)C(=O)Nc1ccccc1C(F)(F)F. The molecule has 2 aromatic rings. The van der Waals surface area contributed by atoms with E-state index in [1.807, 2.05) is 0 Å². The van der Waals surface area contributed by atoms with Gasteiger partial charge in [0.05, 0.1) is 21.5 Å². The van der Waals surface area contributed by atoms with E-state index in [1.165, 1.54) is 47.8 Å². The van der Waals surface area contributed by atoms with Crippen molar-refractivity contribution in [3.05, 3.63) is 48.2 Å². The minimum absolute atomic E-state index is 0.0787. The summed E-state index contributed by atoms with van der Waals surface area (Å²) < 4.78 is 66.1. The molecule has 1 aromatic carbocycles. The van der Waals surface area contributed by atoms with E-state index in [-0.39, 0.29) is 10.6 Å². The summed E-state index contributed by atoms with van der Waals surface area (Å²) in [5, 5.41) is 1.95. The van der Waals surface area contributed by atoms with Crippen molar-refractivity contribution in [3.8, 4) is 0 Å². The summed E-state index contributed by atoms with van der Waals surface area (Å²) in [6, 6.07) is 7.68. The van der Waals surface area contributed by atoms with Crippen LogP contribution in [0.3, 0.4) is 0 Å². The van der Waals surface area contributed by atoms with Crippen molar-refractivity contribution >= 4 is 33.4 Å². The highest BCUT2D eigenvalue weighted by molar-refractivity contribution is 8.00. The van der Waals surface area contributed by atoms with Crippen molar-refractivity contribution in [2.75, 3.05) is 18.4 Å². The molecule has 1 aromatic heterocycles. The van der Waals surface area contributed by atoms with E-state index in [2.05, 4.69) is 10.3 Å². The van der Waals surface area contributed by atoms with Crippen molar-refractivity contribution in [1.29, 1.82) is 0 Å². The number of thioether (sulfide) groups is 1. The molecule has 1 aliphatic rings. The number of sulfonamides is 1. The maximum absolute atomic E-state index is 13.1. The van der Waals surface area contributed by atoms with Crippen LogP contribution in [0.1, 0.15) is 31.7 Å². The fraction of sp³-hybridized carbons (Fsp3) is 0.400. The summed E-state index contributed by atoms with van der Waals surface area (Å²) in [4.78, 5) is 16.6. The highest BCUT2D eigenvalue weighted by atomic mass is 32.2. The fourth-order valence-electron chi connectivity index (χ4n) is 3.15. The first kappa shape index (κ1) is 23.6. The van der Waals surface area contributed by atoms with Crippen LogP contribution in [0.5, 0.6) is 0 Å². The molecule has 168 valence electrons. The van der Waals surface area contributed by atoms with Gasteiger partial charge in [0.25, 0.3) is 0 Å². The number of halogens is 3. The zero-order valence-corrected chi connectivity index (χ0v) is 18.4. The van der Waals surface area contributed by atoms with E-state index in [0.29, 0.717) is 18.1 Å². The molecule has 1 fully saturated rings. The van der Waals surface area contributed by atoms with Gasteiger partial charge in [-0.1, -0.05) is 30.3 Å². The summed E-state index contributed by atoms with van der Waals surface area (Å²) in [7, 11) is -3.61. The highest BCUT2D eigenvalue weighted by Crippen LogP contribution is 2.35. The third kappa shape index (κ3) is 5.78. The smallest absolute Gasteiger partial charge is 0.325 e. The maximum Gasteiger partial charge on any atom is 0.418 e. The number of nitrogens with zero attached hydrogens (tertiary/aromatic N) is 2. The van der Waals surface area contributed by atoms with E-state index >= 15 is 0 Å². The lowest BCUT2D eigenvalue weighted by atomic mass is 10.1. The van der Waals surface area contributed by atoms with Crippen LogP contribution in [0.4, 0.5) is 18.9 Å². The van der Waals surface area contributed by atoms with Gasteiger partial charge >= 0.3 is 6.18 Å². The molecule has 1 aliphatic heterocycles. The molecule has 1 saturated heterocycles. The third-order valence-electron chi connectivity index (χ3n) is 4.82. The Morgan fingerprint density at radius 2 is 1.81 bits per heavy atom. The number of hydrogen-bond acceptors (Lipinski definition) is 5. The maximum atomic E-state index is 13.1. The fourth-order valence-corrected chi connectivity index (χ4v) is 5.40. The number of anilines is 1. The Hall–Kier alpha value is -2.11. The first-order chi connectivity index (χ1) is 14.6. The molecule has 0 spiro atoms. The van der Waals surface area contributed by atoms with Gasteiger partial charge in [0.15, 0.2) is 0 Å². The number of amides is 1. The van der Waals surface area contributed by atoms with Crippen LogP contribution < -0.4 is 5.32 Å². The number of piperidine rings is 1. The summed E-state index contributed by atoms with van der Waals surface area (Å²) in [5.41, 5.74) is -1.24. The lowest BCUT2D eigenvalue weighted by Crippen LogP contribution is -2.35. The zero-order chi connectivity index (χ0) is 22.6. The topological polar surface area (TPSA) is 79.4 Å². The number of hydrogen-bond donors (Lipinski definition) is 1. The second kappa shape index (κ2) is 9.58. The van der Waals surface area contributed by atoms with Crippen molar-refractivity contribution in [2.24, 2.45) is 0 Å². The van der Waals surface area contributed by atoms with Gasteiger partial charge in [-0.3, -0.25) is 4.79 Å². The van der Waals surface area contributed by atoms with Gasteiger partial charge in [-0.15, -0.1) is 0 Å². The number of carbonyl (C=O) groups excluding carboxylic acids is 1. The van der Waals surface area contributed by atoms with Crippen molar-refractivity contribution in [3.63, 3.8) is 0 Å². The Morgan fingerprint density at radius 1 is 1.13 bits per heavy atom. The van der Waals surface area contributed by atoms with E-state index in [9.17, 15) is 26.4 Å². The number of benzene rings is 1. The molecule has 1 N–H and O–H groups in total. The normalized spacial score (nSPS) is 16.6. The van der Waals surface area contributed by atoms with Gasteiger partial charge in [0.1, 0.15) is 4.90 Å².